The van der Waals surface area contributed by atoms with E-state index in [0.717, 1.165) is 17.0 Å². The maximum atomic E-state index is 5.80. The second kappa shape index (κ2) is 5.61. The van der Waals surface area contributed by atoms with Gasteiger partial charge in [-0.1, -0.05) is 34.1 Å². The van der Waals surface area contributed by atoms with Gasteiger partial charge in [-0.2, -0.15) is 0 Å². The smallest absolute Gasteiger partial charge is 0.0344 e. The van der Waals surface area contributed by atoms with Crippen LogP contribution < -0.4 is 5.73 Å². The number of hydrogen-bond acceptors (Lipinski definition) is 2. The van der Waals surface area contributed by atoms with Crippen molar-refractivity contribution in [2.45, 2.75) is 17.6 Å². The average molecular weight is 308 g/mol. The van der Waals surface area contributed by atoms with Gasteiger partial charge in [0, 0.05) is 20.8 Å². The molecule has 0 aliphatic heterocycles. The standard InChI is InChI=1S/C14H14BrNS/c1-10-8-12(6-7-14(10)16)17-9-11-4-2-3-5-13(11)15/h2-8H,9,16H2,1H3. The molecule has 0 aromatic heterocycles. The van der Waals surface area contributed by atoms with Crippen LogP contribution in [0.4, 0.5) is 5.69 Å². The van der Waals surface area contributed by atoms with Gasteiger partial charge in [0.2, 0.25) is 0 Å². The Kier molecular flexibility index (Phi) is 4.13. The molecular formula is C14H14BrNS. The Morgan fingerprint density at radius 2 is 1.94 bits per heavy atom. The van der Waals surface area contributed by atoms with Crippen molar-refractivity contribution >= 4 is 33.4 Å². The first-order chi connectivity index (χ1) is 8.16. The number of thioether (sulfide) groups is 1. The lowest BCUT2D eigenvalue weighted by Gasteiger charge is -2.06. The van der Waals surface area contributed by atoms with Crippen LogP contribution in [-0.4, -0.2) is 0 Å². The molecule has 0 fully saturated rings. The minimum absolute atomic E-state index is 0.857. The number of benzene rings is 2. The number of nitrogen functional groups attached to an aromatic ring is 1. The van der Waals surface area contributed by atoms with E-state index >= 15 is 0 Å². The molecule has 0 aliphatic rings. The number of rotatable bonds is 3. The van der Waals surface area contributed by atoms with Gasteiger partial charge < -0.3 is 5.73 Å². The molecule has 0 heterocycles. The van der Waals surface area contributed by atoms with Gasteiger partial charge in [-0.05, 0) is 42.3 Å². The van der Waals surface area contributed by atoms with Crippen molar-refractivity contribution in [1.29, 1.82) is 0 Å². The van der Waals surface area contributed by atoms with Gasteiger partial charge in [0.1, 0.15) is 0 Å². The first kappa shape index (κ1) is 12.5. The minimum atomic E-state index is 0.857. The van der Waals surface area contributed by atoms with Crippen molar-refractivity contribution in [1.82, 2.24) is 0 Å². The van der Waals surface area contributed by atoms with Crippen LogP contribution in [-0.2, 0) is 5.75 Å². The maximum Gasteiger partial charge on any atom is 0.0344 e. The molecule has 0 amide bonds. The van der Waals surface area contributed by atoms with Crippen LogP contribution in [0.1, 0.15) is 11.1 Å². The topological polar surface area (TPSA) is 26.0 Å². The molecule has 1 nitrogen and oxygen atoms in total. The molecule has 0 saturated carbocycles. The fraction of sp³-hybridized carbons (Fsp3) is 0.143. The summed E-state index contributed by atoms with van der Waals surface area (Å²) >= 11 is 5.39. The zero-order valence-corrected chi connectivity index (χ0v) is 12.0. The molecule has 2 N–H and O–H groups in total. The highest BCUT2D eigenvalue weighted by molar-refractivity contribution is 9.10. The van der Waals surface area contributed by atoms with Gasteiger partial charge in [0.15, 0.2) is 0 Å². The Morgan fingerprint density at radius 3 is 2.65 bits per heavy atom. The van der Waals surface area contributed by atoms with Crippen LogP contribution in [0, 0.1) is 6.92 Å². The highest BCUT2D eigenvalue weighted by Crippen LogP contribution is 2.28. The highest BCUT2D eigenvalue weighted by Gasteiger charge is 2.01. The van der Waals surface area contributed by atoms with Crippen LogP contribution >= 0.6 is 27.7 Å². The van der Waals surface area contributed by atoms with E-state index in [1.165, 1.54) is 14.9 Å². The van der Waals surface area contributed by atoms with Crippen molar-refractivity contribution in [2.24, 2.45) is 0 Å². The molecule has 88 valence electrons. The van der Waals surface area contributed by atoms with E-state index in [-0.39, 0.29) is 0 Å². The summed E-state index contributed by atoms with van der Waals surface area (Å²) in [5.74, 6) is 0.963. The van der Waals surface area contributed by atoms with Gasteiger partial charge in [-0.3, -0.25) is 0 Å². The molecule has 0 spiro atoms. The second-order valence-electron chi connectivity index (χ2n) is 3.90. The summed E-state index contributed by atoms with van der Waals surface area (Å²) in [7, 11) is 0. The number of nitrogens with two attached hydrogens (primary N) is 1. The van der Waals surface area contributed by atoms with Crippen molar-refractivity contribution in [3.8, 4) is 0 Å². The average Bonchev–Trinajstić information content (AvgIpc) is 2.32. The molecule has 0 radical (unpaired) electrons. The molecule has 0 atom stereocenters. The number of aryl methyl sites for hydroxylation is 1. The highest BCUT2D eigenvalue weighted by atomic mass is 79.9. The van der Waals surface area contributed by atoms with Gasteiger partial charge in [0.05, 0.1) is 0 Å². The summed E-state index contributed by atoms with van der Waals surface area (Å²) in [4.78, 5) is 1.26. The first-order valence-electron chi connectivity index (χ1n) is 5.39. The van der Waals surface area contributed by atoms with Gasteiger partial charge in [-0.25, -0.2) is 0 Å². The Balaban J connectivity index is 2.08. The summed E-state index contributed by atoms with van der Waals surface area (Å²) in [5.41, 5.74) is 9.11. The Morgan fingerprint density at radius 1 is 1.18 bits per heavy atom. The van der Waals surface area contributed by atoms with Crippen LogP contribution in [0.25, 0.3) is 0 Å². The SMILES string of the molecule is Cc1cc(SCc2ccccc2Br)ccc1N. The predicted octanol–water partition coefficient (Wildman–Crippen LogP) is 4.63. The quantitative estimate of drug-likeness (QED) is 0.661. The molecule has 0 bridgehead atoms. The third kappa shape index (κ3) is 3.27. The first-order valence-corrected chi connectivity index (χ1v) is 7.17. The van der Waals surface area contributed by atoms with Crippen molar-refractivity contribution in [3.05, 3.63) is 58.1 Å². The van der Waals surface area contributed by atoms with E-state index < -0.39 is 0 Å². The normalized spacial score (nSPS) is 10.5. The Hall–Kier alpha value is -0.930. The summed E-state index contributed by atoms with van der Waals surface area (Å²) < 4.78 is 1.17. The largest absolute Gasteiger partial charge is 0.399 e. The van der Waals surface area contributed by atoms with Gasteiger partial charge in [-0.15, -0.1) is 11.8 Å². The molecule has 0 aliphatic carbocycles. The van der Waals surface area contributed by atoms with E-state index in [9.17, 15) is 0 Å². The van der Waals surface area contributed by atoms with Gasteiger partial charge in [0.25, 0.3) is 0 Å². The van der Waals surface area contributed by atoms with E-state index in [1.807, 2.05) is 30.8 Å². The number of hydrogen-bond donors (Lipinski definition) is 1. The fourth-order valence-electron chi connectivity index (χ4n) is 1.51. The van der Waals surface area contributed by atoms with Crippen LogP contribution in [0.2, 0.25) is 0 Å². The lowest BCUT2D eigenvalue weighted by Crippen LogP contribution is -1.89. The van der Waals surface area contributed by atoms with Gasteiger partial charge >= 0.3 is 0 Å². The summed E-state index contributed by atoms with van der Waals surface area (Å²) in [6.07, 6.45) is 0. The Bertz CT molecular complexity index is 525. The molecule has 17 heavy (non-hydrogen) atoms. The number of anilines is 1. The summed E-state index contributed by atoms with van der Waals surface area (Å²) in [5, 5.41) is 0. The third-order valence-electron chi connectivity index (χ3n) is 2.59. The minimum Gasteiger partial charge on any atom is -0.399 e. The van der Waals surface area contributed by atoms with Crippen molar-refractivity contribution in [2.75, 3.05) is 5.73 Å². The van der Waals surface area contributed by atoms with Crippen LogP contribution in [0.15, 0.2) is 51.8 Å². The molecule has 2 aromatic rings. The zero-order valence-electron chi connectivity index (χ0n) is 9.61. The second-order valence-corrected chi connectivity index (χ2v) is 5.80. The summed E-state index contributed by atoms with van der Waals surface area (Å²) in [6.45, 7) is 2.04. The Labute approximate surface area is 115 Å². The molecule has 0 unspecified atom stereocenters. The van der Waals surface area contributed by atoms with Crippen molar-refractivity contribution < 1.29 is 0 Å². The lowest BCUT2D eigenvalue weighted by molar-refractivity contribution is 1.33. The third-order valence-corrected chi connectivity index (χ3v) is 4.41. The molecule has 0 saturated heterocycles. The fourth-order valence-corrected chi connectivity index (χ4v) is 3.12. The van der Waals surface area contributed by atoms with E-state index in [2.05, 4.69) is 46.3 Å². The number of halogens is 1. The molecular weight excluding hydrogens is 294 g/mol. The lowest BCUT2D eigenvalue weighted by atomic mass is 10.2. The van der Waals surface area contributed by atoms with Crippen LogP contribution in [0.3, 0.4) is 0 Å². The molecule has 2 rings (SSSR count). The summed E-state index contributed by atoms with van der Waals surface area (Å²) in [6, 6.07) is 14.5. The van der Waals surface area contributed by atoms with E-state index in [4.69, 9.17) is 5.73 Å². The zero-order chi connectivity index (χ0) is 12.3. The predicted molar refractivity (Wildman–Crippen MR) is 79.3 cm³/mol. The maximum absolute atomic E-state index is 5.80. The monoisotopic (exact) mass is 307 g/mol. The molecule has 3 heteroatoms. The van der Waals surface area contributed by atoms with Crippen LogP contribution in [0.5, 0.6) is 0 Å². The van der Waals surface area contributed by atoms with E-state index in [0.29, 0.717) is 0 Å². The molecule has 2 aromatic carbocycles. The van der Waals surface area contributed by atoms with Crippen molar-refractivity contribution in [3.63, 3.8) is 0 Å². The van der Waals surface area contributed by atoms with E-state index in [1.54, 1.807) is 0 Å².